The van der Waals surface area contributed by atoms with Crippen LogP contribution in [-0.4, -0.2) is 42.5 Å². The molecule has 0 saturated heterocycles. The van der Waals surface area contributed by atoms with E-state index >= 15 is 0 Å². The second-order valence-electron chi connectivity index (χ2n) is 6.33. The van der Waals surface area contributed by atoms with Crippen LogP contribution in [0.2, 0.25) is 0 Å². The second-order valence-corrected chi connectivity index (χ2v) is 6.33. The predicted molar refractivity (Wildman–Crippen MR) is 104 cm³/mol. The molecular weight excluding hydrogens is 362 g/mol. The van der Waals surface area contributed by atoms with Crippen LogP contribution in [0.1, 0.15) is 48.5 Å². The smallest absolute Gasteiger partial charge is 0.342 e. The maximum absolute atomic E-state index is 12.4. The molecule has 0 atom stereocenters. The number of hydrogen-bond donors (Lipinski definition) is 2. The number of ether oxygens (including phenoxy) is 2. The molecule has 1 aromatic carbocycles. The lowest BCUT2D eigenvalue weighted by atomic mass is 10.0. The standard InChI is InChI=1S/C21H25NO6/c1-15(23)22-10-12-27-18-13-16-7-3-2-4-8-17(24)9-5-6-11-28-21(26)20(16)19(25)14-18/h3,5,7,9,13-14,25H,2,4,6,8,10-12H2,1H3,(H,22,23)/b7-3+,9-5-. The number of carbonyl (C=O) groups excluding carboxylic acids is 3. The maximum atomic E-state index is 12.4. The highest BCUT2D eigenvalue weighted by molar-refractivity contribution is 5.97. The Bertz CT molecular complexity index is 781. The minimum absolute atomic E-state index is 0.0460. The van der Waals surface area contributed by atoms with Crippen LogP contribution >= 0.6 is 0 Å². The van der Waals surface area contributed by atoms with Crippen LogP contribution in [0.5, 0.6) is 11.5 Å². The van der Waals surface area contributed by atoms with Crippen LogP contribution < -0.4 is 10.1 Å². The Labute approximate surface area is 164 Å². The van der Waals surface area contributed by atoms with Crippen LogP contribution in [-0.2, 0) is 14.3 Å². The van der Waals surface area contributed by atoms with Crippen molar-refractivity contribution in [3.05, 3.63) is 41.5 Å². The summed E-state index contributed by atoms with van der Waals surface area (Å²) in [6, 6.07) is 2.99. The van der Waals surface area contributed by atoms with Crippen molar-refractivity contribution >= 4 is 23.7 Å². The number of esters is 1. The summed E-state index contributed by atoms with van der Waals surface area (Å²) in [5, 5.41) is 13.0. The number of phenols is 1. The van der Waals surface area contributed by atoms with Crippen molar-refractivity contribution in [2.24, 2.45) is 0 Å². The number of cyclic esters (lactones) is 1. The molecule has 2 N–H and O–H groups in total. The molecule has 150 valence electrons. The SMILES string of the molecule is CC(=O)NCCOc1cc(O)c2c(c1)/C=C/CCCC(=O)/C=C\CCOC2=O. The van der Waals surface area contributed by atoms with Crippen molar-refractivity contribution in [1.82, 2.24) is 5.32 Å². The molecule has 1 amide bonds. The van der Waals surface area contributed by atoms with Gasteiger partial charge in [0.2, 0.25) is 5.91 Å². The first-order valence-corrected chi connectivity index (χ1v) is 9.24. The fourth-order valence-corrected chi connectivity index (χ4v) is 2.65. The van der Waals surface area contributed by atoms with Crippen LogP contribution in [0.25, 0.3) is 6.08 Å². The third-order valence-electron chi connectivity index (χ3n) is 3.98. The lowest BCUT2D eigenvalue weighted by molar-refractivity contribution is -0.119. The number of allylic oxidation sites excluding steroid dienone is 2. The van der Waals surface area contributed by atoms with Gasteiger partial charge in [-0.2, -0.15) is 0 Å². The summed E-state index contributed by atoms with van der Waals surface area (Å²) in [5.74, 6) is -0.615. The van der Waals surface area contributed by atoms with E-state index in [1.54, 1.807) is 18.2 Å². The minimum Gasteiger partial charge on any atom is -0.507 e. The number of carbonyl (C=O) groups is 3. The molecule has 0 fully saturated rings. The molecule has 28 heavy (non-hydrogen) atoms. The molecule has 7 heteroatoms. The molecule has 0 radical (unpaired) electrons. The summed E-state index contributed by atoms with van der Waals surface area (Å²) in [5.41, 5.74) is 0.543. The highest BCUT2D eigenvalue weighted by atomic mass is 16.5. The molecule has 1 aliphatic heterocycles. The van der Waals surface area contributed by atoms with Gasteiger partial charge in [0, 0.05) is 19.4 Å². The third kappa shape index (κ3) is 6.90. The van der Waals surface area contributed by atoms with Crippen LogP contribution in [0.15, 0.2) is 30.4 Å². The lowest BCUT2D eigenvalue weighted by Gasteiger charge is -2.13. The maximum Gasteiger partial charge on any atom is 0.342 e. The molecule has 2 rings (SSSR count). The number of hydrogen-bond acceptors (Lipinski definition) is 6. The van der Waals surface area contributed by atoms with Gasteiger partial charge in [0.05, 0.1) is 13.2 Å². The fourth-order valence-electron chi connectivity index (χ4n) is 2.65. The molecule has 0 aromatic heterocycles. The zero-order valence-corrected chi connectivity index (χ0v) is 15.9. The van der Waals surface area contributed by atoms with Crippen molar-refractivity contribution in [2.75, 3.05) is 19.8 Å². The van der Waals surface area contributed by atoms with E-state index in [0.29, 0.717) is 43.5 Å². The molecule has 0 spiro atoms. The van der Waals surface area contributed by atoms with E-state index in [-0.39, 0.29) is 36.2 Å². The third-order valence-corrected chi connectivity index (χ3v) is 3.98. The first kappa shape index (κ1) is 21.2. The lowest BCUT2D eigenvalue weighted by Crippen LogP contribution is -2.25. The number of benzene rings is 1. The van der Waals surface area contributed by atoms with Gasteiger partial charge in [0.15, 0.2) is 5.78 Å². The van der Waals surface area contributed by atoms with Gasteiger partial charge in [0.1, 0.15) is 23.7 Å². The van der Waals surface area contributed by atoms with Crippen molar-refractivity contribution in [3.8, 4) is 11.5 Å². The summed E-state index contributed by atoms with van der Waals surface area (Å²) in [6.07, 6.45) is 8.97. The molecule has 0 bridgehead atoms. The quantitative estimate of drug-likeness (QED) is 0.608. The molecular formula is C21H25NO6. The Morgan fingerprint density at radius 1 is 1.21 bits per heavy atom. The van der Waals surface area contributed by atoms with Gasteiger partial charge in [-0.1, -0.05) is 18.2 Å². The fraction of sp³-hybridized carbons (Fsp3) is 0.381. The molecule has 7 nitrogen and oxygen atoms in total. The van der Waals surface area contributed by atoms with Crippen molar-refractivity contribution < 1.29 is 29.0 Å². The Kier molecular flexibility index (Phi) is 8.27. The number of phenolic OH excluding ortho intramolecular Hbond substituents is 1. The molecule has 0 saturated carbocycles. The highest BCUT2D eigenvalue weighted by Crippen LogP contribution is 2.30. The van der Waals surface area contributed by atoms with E-state index in [2.05, 4.69) is 5.32 Å². The number of aromatic hydroxyl groups is 1. The van der Waals surface area contributed by atoms with E-state index < -0.39 is 5.97 Å². The minimum atomic E-state index is -0.640. The Hall–Kier alpha value is -3.09. The van der Waals surface area contributed by atoms with E-state index in [9.17, 15) is 19.5 Å². The van der Waals surface area contributed by atoms with Gasteiger partial charge >= 0.3 is 5.97 Å². The summed E-state index contributed by atoms with van der Waals surface area (Å²) in [6.45, 7) is 2.07. The van der Waals surface area contributed by atoms with Gasteiger partial charge in [-0.05, 0) is 37.0 Å². The van der Waals surface area contributed by atoms with Gasteiger partial charge in [0.25, 0.3) is 0 Å². The van der Waals surface area contributed by atoms with Crippen molar-refractivity contribution in [1.29, 1.82) is 0 Å². The van der Waals surface area contributed by atoms with Crippen LogP contribution in [0.3, 0.4) is 0 Å². The van der Waals surface area contributed by atoms with E-state index in [0.717, 1.165) is 0 Å². The summed E-state index contributed by atoms with van der Waals surface area (Å²) in [4.78, 5) is 35.0. The van der Waals surface area contributed by atoms with Crippen LogP contribution in [0.4, 0.5) is 0 Å². The average Bonchev–Trinajstić information content (AvgIpc) is 2.63. The molecule has 1 aliphatic rings. The molecule has 0 unspecified atom stereocenters. The van der Waals surface area contributed by atoms with Crippen LogP contribution in [0, 0.1) is 0 Å². The highest BCUT2D eigenvalue weighted by Gasteiger charge is 2.18. The van der Waals surface area contributed by atoms with E-state index in [1.807, 2.05) is 6.08 Å². The Balaban J connectivity index is 2.20. The topological polar surface area (TPSA) is 102 Å². The average molecular weight is 387 g/mol. The normalized spacial score (nSPS) is 17.6. The van der Waals surface area contributed by atoms with Crippen molar-refractivity contribution in [3.63, 3.8) is 0 Å². The van der Waals surface area contributed by atoms with Crippen molar-refractivity contribution in [2.45, 2.75) is 32.6 Å². The predicted octanol–water partition coefficient (Wildman–Crippen LogP) is 2.78. The zero-order chi connectivity index (χ0) is 20.4. The van der Waals surface area contributed by atoms with Gasteiger partial charge in [-0.25, -0.2) is 4.79 Å². The summed E-state index contributed by atoms with van der Waals surface area (Å²) in [7, 11) is 0. The first-order valence-electron chi connectivity index (χ1n) is 9.24. The van der Waals surface area contributed by atoms with Gasteiger partial charge in [-0.3, -0.25) is 9.59 Å². The number of fused-ring (bicyclic) bond motifs is 1. The molecule has 0 aliphatic carbocycles. The molecule has 1 heterocycles. The number of rotatable bonds is 4. The number of ketones is 1. The monoisotopic (exact) mass is 387 g/mol. The van der Waals surface area contributed by atoms with E-state index in [1.165, 1.54) is 19.1 Å². The summed E-state index contributed by atoms with van der Waals surface area (Å²) >= 11 is 0. The zero-order valence-electron chi connectivity index (χ0n) is 15.9. The summed E-state index contributed by atoms with van der Waals surface area (Å²) < 4.78 is 10.8. The van der Waals surface area contributed by atoms with E-state index in [4.69, 9.17) is 9.47 Å². The Morgan fingerprint density at radius 2 is 2.00 bits per heavy atom. The largest absolute Gasteiger partial charge is 0.507 e. The Morgan fingerprint density at radius 3 is 2.79 bits per heavy atom. The van der Waals surface area contributed by atoms with Gasteiger partial charge in [-0.15, -0.1) is 0 Å². The van der Waals surface area contributed by atoms with Gasteiger partial charge < -0.3 is 19.9 Å². The first-order chi connectivity index (χ1) is 13.5. The second kappa shape index (κ2) is 10.9. The number of nitrogens with one attached hydrogen (secondary N) is 1. The molecule has 1 aromatic rings. The number of amides is 1.